The first-order chi connectivity index (χ1) is 11.1. The second-order valence-corrected chi connectivity index (χ2v) is 6.47. The van der Waals surface area contributed by atoms with Gasteiger partial charge >= 0.3 is 0 Å². The van der Waals surface area contributed by atoms with Crippen LogP contribution < -0.4 is 10.1 Å². The Morgan fingerprint density at radius 2 is 2.04 bits per heavy atom. The molecule has 2 fully saturated rings. The topological polar surface area (TPSA) is 50.8 Å². The summed E-state index contributed by atoms with van der Waals surface area (Å²) < 4.78 is 11.5. The minimum Gasteiger partial charge on any atom is -0.490 e. The molecule has 1 amide bonds. The molecule has 2 saturated heterocycles. The van der Waals surface area contributed by atoms with Crippen LogP contribution in [0.2, 0.25) is 0 Å². The van der Waals surface area contributed by atoms with Gasteiger partial charge in [0.15, 0.2) is 0 Å². The van der Waals surface area contributed by atoms with E-state index in [-0.39, 0.29) is 18.1 Å². The van der Waals surface area contributed by atoms with Gasteiger partial charge in [-0.25, -0.2) is 0 Å². The van der Waals surface area contributed by atoms with E-state index in [4.69, 9.17) is 9.47 Å². The first-order valence-electron chi connectivity index (χ1n) is 8.47. The smallest absolute Gasteiger partial charge is 0.242 e. The minimum atomic E-state index is -0.180. The van der Waals surface area contributed by atoms with Gasteiger partial charge in [0.05, 0.1) is 13.2 Å². The zero-order valence-electron chi connectivity index (χ0n) is 14.0. The zero-order chi connectivity index (χ0) is 16.2. The number of nitrogens with zero attached hydrogens (tertiary/aromatic N) is 1. The summed E-state index contributed by atoms with van der Waals surface area (Å²) in [4.78, 5) is 14.4. The maximum Gasteiger partial charge on any atom is 0.242 e. The zero-order valence-corrected chi connectivity index (χ0v) is 14.0. The van der Waals surface area contributed by atoms with Crippen molar-refractivity contribution in [3.63, 3.8) is 0 Å². The molecule has 23 heavy (non-hydrogen) atoms. The third-order valence-corrected chi connectivity index (χ3v) is 4.75. The highest BCUT2D eigenvalue weighted by Gasteiger charge is 2.30. The van der Waals surface area contributed by atoms with Crippen molar-refractivity contribution in [3.8, 4) is 5.75 Å². The normalized spacial score (nSPS) is 22.9. The number of nitrogens with one attached hydrogen (secondary N) is 1. The molecule has 5 nitrogen and oxygen atoms in total. The van der Waals surface area contributed by atoms with Gasteiger partial charge < -0.3 is 19.7 Å². The van der Waals surface area contributed by atoms with E-state index in [0.29, 0.717) is 13.2 Å². The second kappa shape index (κ2) is 7.32. The van der Waals surface area contributed by atoms with Crippen LogP contribution in [-0.2, 0) is 9.53 Å². The Bertz CT molecular complexity index is 547. The SMILES string of the molecule is Cc1ccc(OC2CCN(C(=O)[C@@H]3COCCN3)CC2)cc1C. The second-order valence-electron chi connectivity index (χ2n) is 6.47. The Kier molecular flexibility index (Phi) is 5.18. The highest BCUT2D eigenvalue weighted by atomic mass is 16.5. The summed E-state index contributed by atoms with van der Waals surface area (Å²) in [5.74, 6) is 1.09. The van der Waals surface area contributed by atoms with Crippen molar-refractivity contribution in [1.82, 2.24) is 10.2 Å². The van der Waals surface area contributed by atoms with Crippen LogP contribution >= 0.6 is 0 Å². The number of rotatable bonds is 3. The lowest BCUT2D eigenvalue weighted by molar-refractivity contribution is -0.138. The Morgan fingerprint density at radius 3 is 2.70 bits per heavy atom. The van der Waals surface area contributed by atoms with E-state index in [1.807, 2.05) is 11.0 Å². The third kappa shape index (κ3) is 4.03. The minimum absolute atomic E-state index is 0.161. The van der Waals surface area contributed by atoms with E-state index in [1.54, 1.807) is 0 Å². The molecule has 2 aliphatic heterocycles. The fourth-order valence-electron chi connectivity index (χ4n) is 3.12. The molecule has 2 aliphatic rings. The molecule has 0 unspecified atom stereocenters. The number of carbonyl (C=O) groups is 1. The van der Waals surface area contributed by atoms with Crippen molar-refractivity contribution in [2.24, 2.45) is 0 Å². The van der Waals surface area contributed by atoms with Crippen LogP contribution in [0, 0.1) is 13.8 Å². The lowest BCUT2D eigenvalue weighted by Gasteiger charge is -2.35. The Hall–Kier alpha value is -1.59. The number of amides is 1. The molecule has 1 N–H and O–H groups in total. The summed E-state index contributed by atoms with van der Waals surface area (Å²) in [5, 5.41) is 3.23. The van der Waals surface area contributed by atoms with E-state index in [0.717, 1.165) is 38.2 Å². The number of likely N-dealkylation sites (tertiary alicyclic amines) is 1. The van der Waals surface area contributed by atoms with Gasteiger partial charge in [0.1, 0.15) is 17.9 Å². The van der Waals surface area contributed by atoms with Gasteiger partial charge in [0.25, 0.3) is 0 Å². The quantitative estimate of drug-likeness (QED) is 0.921. The predicted octanol–water partition coefficient (Wildman–Crippen LogP) is 1.66. The molecule has 0 aliphatic carbocycles. The number of hydrogen-bond acceptors (Lipinski definition) is 4. The van der Waals surface area contributed by atoms with Gasteiger partial charge in [-0.3, -0.25) is 4.79 Å². The fourth-order valence-corrected chi connectivity index (χ4v) is 3.12. The van der Waals surface area contributed by atoms with Crippen LogP contribution in [0.25, 0.3) is 0 Å². The number of carbonyl (C=O) groups excluding carboxylic acids is 1. The highest BCUT2D eigenvalue weighted by molar-refractivity contribution is 5.82. The van der Waals surface area contributed by atoms with Gasteiger partial charge in [-0.05, 0) is 37.1 Å². The van der Waals surface area contributed by atoms with Crippen molar-refractivity contribution in [2.45, 2.75) is 38.8 Å². The molecule has 0 aromatic heterocycles. The number of aryl methyl sites for hydroxylation is 2. The van der Waals surface area contributed by atoms with Crippen molar-refractivity contribution in [2.75, 3.05) is 32.8 Å². The number of morpholine rings is 1. The maximum absolute atomic E-state index is 12.4. The number of benzene rings is 1. The van der Waals surface area contributed by atoms with Gasteiger partial charge in [-0.2, -0.15) is 0 Å². The first kappa shape index (κ1) is 16.3. The largest absolute Gasteiger partial charge is 0.490 e. The average molecular weight is 318 g/mol. The van der Waals surface area contributed by atoms with Gasteiger partial charge in [0.2, 0.25) is 5.91 Å². The molecular weight excluding hydrogens is 292 g/mol. The molecule has 0 spiro atoms. The Labute approximate surface area is 137 Å². The van der Waals surface area contributed by atoms with Gasteiger partial charge in [-0.15, -0.1) is 0 Å². The summed E-state index contributed by atoms with van der Waals surface area (Å²) >= 11 is 0. The van der Waals surface area contributed by atoms with Crippen molar-refractivity contribution >= 4 is 5.91 Å². The standard InChI is InChI=1S/C18H26N2O3/c1-13-3-4-16(11-14(13)2)23-15-5-8-20(9-6-15)18(21)17-12-22-10-7-19-17/h3-4,11,15,17,19H,5-10,12H2,1-2H3/t17-/m0/s1. The molecular formula is C18H26N2O3. The summed E-state index contributed by atoms with van der Waals surface area (Å²) in [6.07, 6.45) is 1.95. The molecule has 5 heteroatoms. The van der Waals surface area contributed by atoms with Crippen LogP contribution in [0.4, 0.5) is 0 Å². The monoisotopic (exact) mass is 318 g/mol. The molecule has 1 aromatic rings. The Balaban J connectivity index is 1.49. The van der Waals surface area contributed by atoms with Crippen LogP contribution in [-0.4, -0.2) is 55.8 Å². The number of hydrogen-bond donors (Lipinski definition) is 1. The number of ether oxygens (including phenoxy) is 2. The van der Waals surface area contributed by atoms with Crippen LogP contribution in [0.5, 0.6) is 5.75 Å². The van der Waals surface area contributed by atoms with Crippen molar-refractivity contribution in [3.05, 3.63) is 29.3 Å². The van der Waals surface area contributed by atoms with E-state index in [2.05, 4.69) is 31.3 Å². The lowest BCUT2D eigenvalue weighted by atomic mass is 10.1. The van der Waals surface area contributed by atoms with E-state index in [9.17, 15) is 4.79 Å². The summed E-state index contributed by atoms with van der Waals surface area (Å²) in [6.45, 7) is 7.64. The molecule has 2 heterocycles. The van der Waals surface area contributed by atoms with E-state index >= 15 is 0 Å². The van der Waals surface area contributed by atoms with Crippen molar-refractivity contribution < 1.29 is 14.3 Å². The van der Waals surface area contributed by atoms with E-state index in [1.165, 1.54) is 11.1 Å². The lowest BCUT2D eigenvalue weighted by Crippen LogP contribution is -2.54. The van der Waals surface area contributed by atoms with Crippen LogP contribution in [0.3, 0.4) is 0 Å². The molecule has 0 bridgehead atoms. The van der Waals surface area contributed by atoms with Crippen LogP contribution in [0.1, 0.15) is 24.0 Å². The molecule has 3 rings (SSSR count). The first-order valence-corrected chi connectivity index (χ1v) is 8.47. The molecule has 1 aromatic carbocycles. The highest BCUT2D eigenvalue weighted by Crippen LogP contribution is 2.22. The Morgan fingerprint density at radius 1 is 1.26 bits per heavy atom. The van der Waals surface area contributed by atoms with Gasteiger partial charge in [0, 0.05) is 32.5 Å². The molecule has 0 saturated carbocycles. The third-order valence-electron chi connectivity index (χ3n) is 4.75. The molecule has 0 radical (unpaired) electrons. The van der Waals surface area contributed by atoms with Crippen LogP contribution in [0.15, 0.2) is 18.2 Å². The number of piperidine rings is 1. The predicted molar refractivity (Wildman–Crippen MR) is 88.8 cm³/mol. The molecule has 126 valence electrons. The van der Waals surface area contributed by atoms with E-state index < -0.39 is 0 Å². The maximum atomic E-state index is 12.4. The summed E-state index contributed by atoms with van der Waals surface area (Å²) in [5.41, 5.74) is 2.53. The fraction of sp³-hybridized carbons (Fsp3) is 0.611. The summed E-state index contributed by atoms with van der Waals surface area (Å²) in [7, 11) is 0. The van der Waals surface area contributed by atoms with Crippen molar-refractivity contribution in [1.29, 1.82) is 0 Å². The molecule has 1 atom stereocenters. The van der Waals surface area contributed by atoms with Gasteiger partial charge in [-0.1, -0.05) is 6.07 Å². The average Bonchev–Trinajstić information content (AvgIpc) is 2.59. The summed E-state index contributed by atoms with van der Waals surface area (Å²) in [6, 6.07) is 6.04.